The molecule has 13 heteroatoms. The van der Waals surface area contributed by atoms with E-state index in [2.05, 4.69) is 54.4 Å². The highest BCUT2D eigenvalue weighted by atomic mass is 16.5. The number of amides is 1. The van der Waals surface area contributed by atoms with Gasteiger partial charge in [-0.15, -0.1) is 0 Å². The number of aliphatic hydroxyl groups excluding tert-OH is 1. The smallest absolute Gasteiger partial charge is 0.270 e. The van der Waals surface area contributed by atoms with E-state index in [-0.39, 0.29) is 24.2 Å². The van der Waals surface area contributed by atoms with E-state index in [9.17, 15) is 9.90 Å². The van der Waals surface area contributed by atoms with Gasteiger partial charge < -0.3 is 39.4 Å². The number of aromatic nitrogens is 3. The number of anilines is 2. The molecule has 1 aromatic carbocycles. The third kappa shape index (κ3) is 7.60. The summed E-state index contributed by atoms with van der Waals surface area (Å²) in [5.41, 5.74) is 2.73. The van der Waals surface area contributed by atoms with Gasteiger partial charge in [0, 0.05) is 58.4 Å². The Balaban J connectivity index is 1.02. The number of hydrogen-bond acceptors (Lipinski definition) is 12. The molecule has 1 atom stereocenters. The molecule has 0 unspecified atom stereocenters. The lowest BCUT2D eigenvalue weighted by atomic mass is 9.99. The molecule has 1 amide bonds. The molecule has 0 radical (unpaired) electrons. The van der Waals surface area contributed by atoms with Gasteiger partial charge in [-0.05, 0) is 36.2 Å². The van der Waals surface area contributed by atoms with Crippen LogP contribution >= 0.6 is 0 Å². The molecule has 3 aliphatic rings. The minimum absolute atomic E-state index is 0.129. The second kappa shape index (κ2) is 13.7. The third-order valence-corrected chi connectivity index (χ3v) is 8.14. The molecular formula is C30H40N8O5. The Morgan fingerprint density at radius 3 is 2.72 bits per heavy atom. The molecule has 13 nitrogen and oxygen atoms in total. The molecule has 3 N–H and O–H groups in total. The molecule has 2 saturated heterocycles. The number of fused-ring (bicyclic) bond motifs is 1. The van der Waals surface area contributed by atoms with Crippen LogP contribution in [0.2, 0.25) is 0 Å². The lowest BCUT2D eigenvalue weighted by molar-refractivity contribution is 0.0209. The zero-order valence-corrected chi connectivity index (χ0v) is 24.6. The zero-order valence-electron chi connectivity index (χ0n) is 24.6. The fraction of sp³-hybridized carbons (Fsp3) is 0.533. The van der Waals surface area contributed by atoms with E-state index in [4.69, 9.17) is 18.9 Å². The number of benzene rings is 1. The van der Waals surface area contributed by atoms with Gasteiger partial charge in [0.05, 0.1) is 31.6 Å². The van der Waals surface area contributed by atoms with Crippen molar-refractivity contribution in [1.82, 2.24) is 30.1 Å². The fourth-order valence-electron chi connectivity index (χ4n) is 5.52. The minimum Gasteiger partial charge on any atom is -0.486 e. The molecule has 2 fully saturated rings. The minimum atomic E-state index is -0.719. The van der Waals surface area contributed by atoms with E-state index in [0.29, 0.717) is 43.9 Å². The van der Waals surface area contributed by atoms with Gasteiger partial charge in [0.1, 0.15) is 23.9 Å². The lowest BCUT2D eigenvalue weighted by Gasteiger charge is -2.34. The molecule has 3 aliphatic heterocycles. The molecular weight excluding hydrogens is 552 g/mol. The predicted molar refractivity (Wildman–Crippen MR) is 159 cm³/mol. The van der Waals surface area contributed by atoms with Gasteiger partial charge in [-0.25, -0.2) is 9.97 Å². The summed E-state index contributed by atoms with van der Waals surface area (Å²) in [5, 5.41) is 17.0. The molecule has 43 heavy (non-hydrogen) atoms. The Morgan fingerprint density at radius 2 is 1.98 bits per heavy atom. The van der Waals surface area contributed by atoms with Crippen LogP contribution in [0.5, 0.6) is 5.75 Å². The number of nitrogens with one attached hydrogen (secondary N) is 2. The van der Waals surface area contributed by atoms with E-state index >= 15 is 0 Å². The number of nitrogens with zero attached hydrogens (tertiary/aromatic N) is 6. The van der Waals surface area contributed by atoms with Crippen LogP contribution < -0.4 is 20.3 Å². The van der Waals surface area contributed by atoms with E-state index in [0.717, 1.165) is 58.0 Å². The first-order valence-corrected chi connectivity index (χ1v) is 15.0. The normalized spacial score (nSPS) is 18.5. The fourth-order valence-corrected chi connectivity index (χ4v) is 5.52. The number of piperazine rings is 1. The van der Waals surface area contributed by atoms with Crippen molar-refractivity contribution >= 4 is 17.7 Å². The number of β-amino-alcohol motifs (C(OH)–C–C–N with tert-alkyl or cyclic N) is 1. The van der Waals surface area contributed by atoms with Gasteiger partial charge >= 0.3 is 0 Å². The molecule has 0 aliphatic carbocycles. The largest absolute Gasteiger partial charge is 0.486 e. The number of rotatable bonds is 12. The lowest BCUT2D eigenvalue weighted by Crippen LogP contribution is -2.47. The summed E-state index contributed by atoms with van der Waals surface area (Å²) < 4.78 is 16.4. The Bertz CT molecular complexity index is 1360. The van der Waals surface area contributed by atoms with Crippen LogP contribution in [0.25, 0.3) is 0 Å². The maximum Gasteiger partial charge on any atom is 0.270 e. The van der Waals surface area contributed by atoms with E-state index in [1.807, 2.05) is 6.07 Å². The van der Waals surface area contributed by atoms with Crippen molar-refractivity contribution in [3.63, 3.8) is 0 Å². The van der Waals surface area contributed by atoms with Crippen LogP contribution in [0.1, 0.15) is 34.3 Å². The van der Waals surface area contributed by atoms with Crippen molar-refractivity contribution in [2.45, 2.75) is 38.6 Å². The summed E-state index contributed by atoms with van der Waals surface area (Å²) in [4.78, 5) is 33.1. The van der Waals surface area contributed by atoms with Crippen LogP contribution in [0.4, 0.5) is 11.8 Å². The van der Waals surface area contributed by atoms with Gasteiger partial charge in [0.2, 0.25) is 5.95 Å². The zero-order chi connectivity index (χ0) is 29.6. The van der Waals surface area contributed by atoms with Crippen molar-refractivity contribution in [3.05, 3.63) is 59.4 Å². The standard InChI is InChI=1S/C30H40N8O5/c1-2-36-7-9-38(10-8-36)30-34-27(12-28(35-30)33-23-17-41-18-23)29(40)32-13-24(39)16-37-6-5-21-11-25(4-3-22(21)15-37)42-19-26-14-31-20-43-26/h3-4,11-12,14,20,23-24,39H,2,5-10,13,15-19H2,1H3,(H,32,40)(H,33,34,35)/t24-/m0/s1. The highest BCUT2D eigenvalue weighted by molar-refractivity contribution is 5.93. The number of carbonyl (C=O) groups is 1. The van der Waals surface area contributed by atoms with Crippen molar-refractivity contribution in [2.75, 3.05) is 75.8 Å². The topological polar surface area (TPSA) is 141 Å². The average Bonchev–Trinajstić information content (AvgIpc) is 3.54. The molecule has 0 saturated carbocycles. The van der Waals surface area contributed by atoms with Crippen molar-refractivity contribution in [1.29, 1.82) is 0 Å². The Kier molecular flexibility index (Phi) is 9.32. The first kappa shape index (κ1) is 29.3. The van der Waals surface area contributed by atoms with E-state index in [1.165, 1.54) is 17.5 Å². The maximum absolute atomic E-state index is 13.2. The summed E-state index contributed by atoms with van der Waals surface area (Å²) in [6.45, 7) is 10.3. The van der Waals surface area contributed by atoms with Crippen LogP contribution in [0, 0.1) is 0 Å². The Labute approximate surface area is 251 Å². The molecule has 2 aromatic heterocycles. The molecule has 0 spiro atoms. The predicted octanol–water partition coefficient (Wildman–Crippen LogP) is 1.15. The Morgan fingerprint density at radius 1 is 1.12 bits per heavy atom. The van der Waals surface area contributed by atoms with Crippen molar-refractivity contribution in [3.8, 4) is 5.75 Å². The van der Waals surface area contributed by atoms with Crippen molar-refractivity contribution < 1.29 is 23.8 Å². The maximum atomic E-state index is 13.2. The summed E-state index contributed by atoms with van der Waals surface area (Å²) in [6.07, 6.45) is 3.17. The monoisotopic (exact) mass is 592 g/mol. The number of ether oxygens (including phenoxy) is 2. The SMILES string of the molecule is CCN1CCN(c2nc(NC3COC3)cc(C(=O)NC[C@H](O)CN3CCc4cc(OCc5cnco5)ccc4C3)n2)CC1. The summed E-state index contributed by atoms with van der Waals surface area (Å²) >= 11 is 0. The number of aliphatic hydroxyl groups is 1. The molecule has 230 valence electrons. The quantitative estimate of drug-likeness (QED) is 0.278. The van der Waals surface area contributed by atoms with Crippen LogP contribution in [0.15, 0.2) is 41.3 Å². The van der Waals surface area contributed by atoms with Crippen molar-refractivity contribution in [2.24, 2.45) is 0 Å². The van der Waals surface area contributed by atoms with Gasteiger partial charge in [-0.3, -0.25) is 9.69 Å². The molecule has 6 rings (SSSR count). The second-order valence-electron chi connectivity index (χ2n) is 11.3. The molecule has 5 heterocycles. The van der Waals surface area contributed by atoms with Gasteiger partial charge in [0.25, 0.3) is 5.91 Å². The van der Waals surface area contributed by atoms with Gasteiger partial charge in [0.15, 0.2) is 12.2 Å². The number of hydrogen-bond donors (Lipinski definition) is 3. The highest BCUT2D eigenvalue weighted by Crippen LogP contribution is 2.25. The third-order valence-electron chi connectivity index (χ3n) is 8.14. The van der Waals surface area contributed by atoms with Crippen LogP contribution in [-0.4, -0.2) is 113 Å². The molecule has 3 aromatic rings. The number of likely N-dealkylation sites (N-methyl/N-ethyl adjacent to an activating group) is 1. The average molecular weight is 593 g/mol. The molecule has 0 bridgehead atoms. The summed E-state index contributed by atoms with van der Waals surface area (Å²) in [5.74, 6) is 2.30. The van der Waals surface area contributed by atoms with E-state index < -0.39 is 6.10 Å². The summed E-state index contributed by atoms with van der Waals surface area (Å²) in [6, 6.07) is 7.94. The van der Waals surface area contributed by atoms with Gasteiger partial charge in [-0.2, -0.15) is 4.98 Å². The summed E-state index contributed by atoms with van der Waals surface area (Å²) in [7, 11) is 0. The Hall–Kier alpha value is -3.78. The van der Waals surface area contributed by atoms with Crippen LogP contribution in [0.3, 0.4) is 0 Å². The first-order valence-electron chi connectivity index (χ1n) is 15.0. The van der Waals surface area contributed by atoms with Crippen LogP contribution in [-0.2, 0) is 24.3 Å². The van der Waals surface area contributed by atoms with E-state index in [1.54, 1.807) is 12.3 Å². The highest BCUT2D eigenvalue weighted by Gasteiger charge is 2.24. The van der Waals surface area contributed by atoms with Gasteiger partial charge in [-0.1, -0.05) is 13.0 Å². The first-order chi connectivity index (χ1) is 21.0. The number of carbonyl (C=O) groups excluding carboxylic acids is 1. The number of oxazole rings is 1. The second-order valence-corrected chi connectivity index (χ2v) is 11.3.